The topological polar surface area (TPSA) is 29.5 Å². The van der Waals surface area contributed by atoms with Gasteiger partial charge in [0, 0.05) is 18.1 Å². The van der Waals surface area contributed by atoms with Gasteiger partial charge in [0.25, 0.3) is 5.91 Å². The number of hydrogen-bond donors (Lipinski definition) is 0. The lowest BCUT2D eigenvalue weighted by Crippen LogP contribution is -2.35. The predicted octanol–water partition coefficient (Wildman–Crippen LogP) is 4.02. The van der Waals surface area contributed by atoms with Crippen molar-refractivity contribution in [2.24, 2.45) is 0 Å². The number of nitrogens with zero attached hydrogens (tertiary/aromatic N) is 1. The van der Waals surface area contributed by atoms with E-state index in [0.29, 0.717) is 22.3 Å². The Bertz CT molecular complexity index is 424. The van der Waals surface area contributed by atoms with E-state index in [4.69, 9.17) is 27.9 Å². The summed E-state index contributed by atoms with van der Waals surface area (Å²) in [6.45, 7) is 5.52. The molecule has 19 heavy (non-hydrogen) atoms. The van der Waals surface area contributed by atoms with Gasteiger partial charge in [-0.3, -0.25) is 4.79 Å². The van der Waals surface area contributed by atoms with Crippen molar-refractivity contribution < 1.29 is 9.53 Å². The molecule has 1 amide bonds. The van der Waals surface area contributed by atoms with Crippen LogP contribution in [0.3, 0.4) is 0 Å². The summed E-state index contributed by atoms with van der Waals surface area (Å²) < 4.78 is 5.43. The normalized spacial score (nSPS) is 10.3. The average Bonchev–Trinajstić information content (AvgIpc) is 2.38. The van der Waals surface area contributed by atoms with Crippen LogP contribution in [0.25, 0.3) is 0 Å². The fraction of sp³-hybridized carbons (Fsp3) is 0.500. The van der Waals surface area contributed by atoms with Crippen LogP contribution in [-0.2, 0) is 4.79 Å². The van der Waals surface area contributed by atoms with Crippen LogP contribution < -0.4 is 4.74 Å². The Morgan fingerprint density at radius 1 is 1.32 bits per heavy atom. The minimum Gasteiger partial charge on any atom is -0.482 e. The number of benzene rings is 1. The zero-order valence-electron chi connectivity index (χ0n) is 11.3. The summed E-state index contributed by atoms with van der Waals surface area (Å²) in [7, 11) is 0. The summed E-state index contributed by atoms with van der Waals surface area (Å²) in [5.74, 6) is 0.452. The molecule has 106 valence electrons. The quantitative estimate of drug-likeness (QED) is 0.761. The van der Waals surface area contributed by atoms with E-state index in [1.807, 2.05) is 6.92 Å². The summed E-state index contributed by atoms with van der Waals surface area (Å²) >= 11 is 11.8. The molecule has 0 saturated heterocycles. The Hall–Kier alpha value is -0.930. The molecule has 0 spiro atoms. The molecule has 5 heteroatoms. The second-order valence-electron chi connectivity index (χ2n) is 4.19. The first-order valence-corrected chi connectivity index (χ1v) is 7.19. The number of carbonyl (C=O) groups is 1. The highest BCUT2D eigenvalue weighted by atomic mass is 35.5. The molecule has 0 aliphatic heterocycles. The molecular formula is C14H19Cl2NO2. The largest absolute Gasteiger partial charge is 0.482 e. The van der Waals surface area contributed by atoms with Crippen LogP contribution in [0.5, 0.6) is 5.75 Å². The maximum absolute atomic E-state index is 12.0. The molecule has 0 saturated carbocycles. The number of carbonyl (C=O) groups excluding carboxylic acids is 1. The number of ether oxygens (including phenoxy) is 1. The average molecular weight is 304 g/mol. The molecule has 0 atom stereocenters. The minimum atomic E-state index is -0.0260. The van der Waals surface area contributed by atoms with Gasteiger partial charge in [-0.2, -0.15) is 0 Å². The van der Waals surface area contributed by atoms with E-state index in [2.05, 4.69) is 6.92 Å². The molecule has 0 unspecified atom stereocenters. The molecule has 0 aromatic heterocycles. The second-order valence-corrected chi connectivity index (χ2v) is 5.03. The third-order valence-electron chi connectivity index (χ3n) is 2.76. The lowest BCUT2D eigenvalue weighted by molar-refractivity contribution is -0.133. The van der Waals surface area contributed by atoms with Gasteiger partial charge >= 0.3 is 0 Å². The van der Waals surface area contributed by atoms with Crippen molar-refractivity contribution in [2.45, 2.75) is 26.7 Å². The first-order chi connectivity index (χ1) is 9.08. The molecule has 0 aliphatic rings. The molecule has 1 aromatic rings. The second kappa shape index (κ2) is 8.28. The van der Waals surface area contributed by atoms with Crippen LogP contribution in [-0.4, -0.2) is 30.5 Å². The molecule has 0 bridgehead atoms. The van der Waals surface area contributed by atoms with E-state index in [1.165, 1.54) is 0 Å². The predicted molar refractivity (Wildman–Crippen MR) is 79.1 cm³/mol. The summed E-state index contributed by atoms with van der Waals surface area (Å²) in [4.78, 5) is 13.7. The number of likely N-dealkylation sites (N-methyl/N-ethyl adjacent to an activating group) is 1. The maximum atomic E-state index is 12.0. The number of amides is 1. The molecule has 0 radical (unpaired) electrons. The maximum Gasteiger partial charge on any atom is 0.260 e. The van der Waals surface area contributed by atoms with E-state index >= 15 is 0 Å². The summed E-state index contributed by atoms with van der Waals surface area (Å²) in [5, 5.41) is 0.957. The molecule has 3 nitrogen and oxygen atoms in total. The van der Waals surface area contributed by atoms with Gasteiger partial charge in [-0.15, -0.1) is 0 Å². The van der Waals surface area contributed by atoms with Gasteiger partial charge in [0.1, 0.15) is 5.75 Å². The smallest absolute Gasteiger partial charge is 0.260 e. The van der Waals surface area contributed by atoms with Gasteiger partial charge in [0.15, 0.2) is 6.61 Å². The van der Waals surface area contributed by atoms with Crippen molar-refractivity contribution in [3.8, 4) is 5.75 Å². The van der Waals surface area contributed by atoms with Crippen molar-refractivity contribution in [2.75, 3.05) is 19.7 Å². The van der Waals surface area contributed by atoms with Gasteiger partial charge in [-0.1, -0.05) is 36.5 Å². The molecule has 1 aromatic carbocycles. The molecule has 0 heterocycles. The summed E-state index contributed by atoms with van der Waals surface area (Å²) in [6.07, 6.45) is 2.06. The van der Waals surface area contributed by atoms with Crippen LogP contribution in [0, 0.1) is 0 Å². The Labute approximate surface area is 124 Å². The lowest BCUT2D eigenvalue weighted by Gasteiger charge is -2.20. The summed E-state index contributed by atoms with van der Waals surface area (Å²) in [6, 6.07) is 4.94. The number of hydrogen-bond acceptors (Lipinski definition) is 2. The van der Waals surface area contributed by atoms with Crippen molar-refractivity contribution in [1.82, 2.24) is 4.90 Å². The molecule has 1 rings (SSSR count). The van der Waals surface area contributed by atoms with Crippen LogP contribution >= 0.6 is 23.2 Å². The van der Waals surface area contributed by atoms with Crippen molar-refractivity contribution in [3.63, 3.8) is 0 Å². The fourth-order valence-corrected chi connectivity index (χ4v) is 2.09. The van der Waals surface area contributed by atoms with Gasteiger partial charge in [0.05, 0.1) is 5.02 Å². The van der Waals surface area contributed by atoms with Gasteiger partial charge in [0.2, 0.25) is 0 Å². The number of halogens is 2. The summed E-state index contributed by atoms with van der Waals surface area (Å²) in [5.41, 5.74) is 0. The van der Waals surface area contributed by atoms with Crippen LogP contribution in [0.1, 0.15) is 26.7 Å². The van der Waals surface area contributed by atoms with E-state index < -0.39 is 0 Å². The fourth-order valence-electron chi connectivity index (χ4n) is 1.63. The molecule has 0 N–H and O–H groups in total. The van der Waals surface area contributed by atoms with E-state index in [-0.39, 0.29) is 12.5 Å². The lowest BCUT2D eigenvalue weighted by atomic mass is 10.3. The van der Waals surface area contributed by atoms with Crippen molar-refractivity contribution >= 4 is 29.1 Å². The van der Waals surface area contributed by atoms with Gasteiger partial charge in [-0.25, -0.2) is 0 Å². The third kappa shape index (κ3) is 5.29. The van der Waals surface area contributed by atoms with Crippen LogP contribution in [0.2, 0.25) is 10.0 Å². The van der Waals surface area contributed by atoms with Crippen molar-refractivity contribution in [3.05, 3.63) is 28.2 Å². The first-order valence-electron chi connectivity index (χ1n) is 6.44. The number of rotatable bonds is 7. The number of unbranched alkanes of at least 4 members (excludes halogenated alkanes) is 1. The van der Waals surface area contributed by atoms with Crippen molar-refractivity contribution in [1.29, 1.82) is 0 Å². The van der Waals surface area contributed by atoms with Crippen LogP contribution in [0.15, 0.2) is 18.2 Å². The molecular weight excluding hydrogens is 285 g/mol. The molecule has 0 aliphatic carbocycles. The Kier molecular flexibility index (Phi) is 7.03. The van der Waals surface area contributed by atoms with E-state index in [1.54, 1.807) is 23.1 Å². The Balaban J connectivity index is 2.52. The third-order valence-corrected chi connectivity index (χ3v) is 3.29. The Morgan fingerprint density at radius 3 is 2.63 bits per heavy atom. The Morgan fingerprint density at radius 2 is 2.05 bits per heavy atom. The zero-order chi connectivity index (χ0) is 14.3. The standard InChI is InChI=1S/C14H19Cl2NO2/c1-3-5-8-17(4-2)14(18)10-19-13-7-6-11(15)9-12(13)16/h6-7,9H,3-5,8,10H2,1-2H3. The molecule has 0 fully saturated rings. The minimum absolute atomic E-state index is 0.00108. The van der Waals surface area contributed by atoms with E-state index in [0.717, 1.165) is 19.4 Å². The first kappa shape index (κ1) is 16.1. The SMILES string of the molecule is CCCCN(CC)C(=O)COc1ccc(Cl)cc1Cl. The van der Waals surface area contributed by atoms with Gasteiger partial charge in [-0.05, 0) is 31.5 Å². The van der Waals surface area contributed by atoms with Gasteiger partial charge < -0.3 is 9.64 Å². The zero-order valence-corrected chi connectivity index (χ0v) is 12.8. The van der Waals surface area contributed by atoms with Crippen LogP contribution in [0.4, 0.5) is 0 Å². The monoisotopic (exact) mass is 303 g/mol. The van der Waals surface area contributed by atoms with E-state index in [9.17, 15) is 4.79 Å². The highest BCUT2D eigenvalue weighted by Crippen LogP contribution is 2.27. The highest BCUT2D eigenvalue weighted by Gasteiger charge is 2.12. The highest BCUT2D eigenvalue weighted by molar-refractivity contribution is 6.35.